The molecule has 2 aliphatic rings. The Bertz CT molecular complexity index is 953. The van der Waals surface area contributed by atoms with Crippen LogP contribution in [0.15, 0.2) is 54.6 Å². The lowest BCUT2D eigenvalue weighted by Crippen LogP contribution is -2.44. The summed E-state index contributed by atoms with van der Waals surface area (Å²) in [6.07, 6.45) is -4.14. The molecule has 2 aromatic carbocycles. The molecular weight excluding hydrogens is 453 g/mol. The number of nitrogens with zero attached hydrogens (tertiary/aromatic N) is 1. The number of hydrogen-bond acceptors (Lipinski definition) is 5. The van der Waals surface area contributed by atoms with Crippen molar-refractivity contribution < 1.29 is 37.3 Å². The number of carbonyl (C=O) groups is 2. The van der Waals surface area contributed by atoms with Crippen LogP contribution in [0.2, 0.25) is 0 Å². The fourth-order valence-electron chi connectivity index (χ4n) is 4.05. The maximum atomic E-state index is 12.7. The first kappa shape index (κ1) is 25.5. The monoisotopic (exact) mass is 480 g/mol. The van der Waals surface area contributed by atoms with Gasteiger partial charge < -0.3 is 19.9 Å². The first-order valence-electron chi connectivity index (χ1n) is 10.8. The molecule has 0 spiro atoms. The maximum absolute atomic E-state index is 12.7. The standard InChI is InChI=1S/C22H26N2O3.C2HF3O2/c1-26-18-9-7-17(8-10-18)13-24-14-19-11-20(21(15-24)27-19)22(25)23-12-16-5-3-2-4-6-16;3-2(4,5)1(6)7/h2-10,19-21H,11-15H2,1H3,(H,23,25);(H,6,7)/t19-,20+,21-;/m1./s1. The molecule has 0 saturated carbocycles. The number of aliphatic carboxylic acids is 1. The number of amides is 1. The second-order valence-electron chi connectivity index (χ2n) is 8.19. The Kier molecular flexibility index (Phi) is 8.51. The van der Waals surface area contributed by atoms with E-state index in [1.807, 2.05) is 42.5 Å². The summed E-state index contributed by atoms with van der Waals surface area (Å²) in [5.74, 6) is -1.83. The minimum absolute atomic E-state index is 0.0160. The van der Waals surface area contributed by atoms with Crippen molar-refractivity contribution in [3.8, 4) is 5.75 Å². The van der Waals surface area contributed by atoms with E-state index >= 15 is 0 Å². The minimum atomic E-state index is -5.08. The fraction of sp³-hybridized carbons (Fsp3) is 0.417. The van der Waals surface area contributed by atoms with Crippen LogP contribution in [-0.2, 0) is 27.4 Å². The Morgan fingerprint density at radius 1 is 1.09 bits per heavy atom. The molecule has 2 bridgehead atoms. The molecule has 34 heavy (non-hydrogen) atoms. The summed E-state index contributed by atoms with van der Waals surface area (Å²) >= 11 is 0. The summed E-state index contributed by atoms with van der Waals surface area (Å²) in [5.41, 5.74) is 2.37. The van der Waals surface area contributed by atoms with E-state index in [-0.39, 0.29) is 24.0 Å². The number of alkyl halides is 3. The summed E-state index contributed by atoms with van der Waals surface area (Å²) < 4.78 is 43.0. The van der Waals surface area contributed by atoms with Crippen LogP contribution in [0.1, 0.15) is 17.5 Å². The van der Waals surface area contributed by atoms with Gasteiger partial charge in [0.15, 0.2) is 0 Å². The van der Waals surface area contributed by atoms with Gasteiger partial charge in [0.05, 0.1) is 25.2 Å². The Labute approximate surface area is 195 Å². The molecule has 0 radical (unpaired) electrons. The highest BCUT2D eigenvalue weighted by atomic mass is 19.4. The largest absolute Gasteiger partial charge is 0.497 e. The number of benzene rings is 2. The number of carboxylic acids is 1. The normalized spacial score (nSPS) is 21.8. The number of methoxy groups -OCH3 is 1. The van der Waals surface area contributed by atoms with Gasteiger partial charge in [-0.15, -0.1) is 0 Å². The van der Waals surface area contributed by atoms with Gasteiger partial charge in [0, 0.05) is 26.2 Å². The zero-order valence-corrected chi connectivity index (χ0v) is 18.6. The van der Waals surface area contributed by atoms with Crippen molar-refractivity contribution >= 4 is 11.9 Å². The second kappa shape index (κ2) is 11.3. The molecule has 2 aliphatic heterocycles. The molecule has 4 rings (SSSR count). The van der Waals surface area contributed by atoms with E-state index in [1.165, 1.54) is 5.56 Å². The van der Waals surface area contributed by atoms with Gasteiger partial charge in [0.1, 0.15) is 5.75 Å². The van der Waals surface area contributed by atoms with Crippen LogP contribution < -0.4 is 10.1 Å². The van der Waals surface area contributed by atoms with Crippen molar-refractivity contribution in [2.45, 2.75) is 37.9 Å². The van der Waals surface area contributed by atoms with Crippen molar-refractivity contribution in [3.63, 3.8) is 0 Å². The lowest BCUT2D eigenvalue weighted by molar-refractivity contribution is -0.192. The van der Waals surface area contributed by atoms with E-state index in [1.54, 1.807) is 7.11 Å². The molecule has 10 heteroatoms. The first-order chi connectivity index (χ1) is 16.2. The zero-order chi connectivity index (χ0) is 24.7. The zero-order valence-electron chi connectivity index (χ0n) is 18.6. The molecule has 7 nitrogen and oxygen atoms in total. The number of likely N-dealkylation sites (tertiary alicyclic amines) is 1. The average Bonchev–Trinajstić information content (AvgIpc) is 3.12. The molecule has 184 valence electrons. The quantitative estimate of drug-likeness (QED) is 0.660. The van der Waals surface area contributed by atoms with E-state index < -0.39 is 12.1 Å². The van der Waals surface area contributed by atoms with Gasteiger partial charge in [0.2, 0.25) is 5.91 Å². The molecule has 0 aromatic heterocycles. The van der Waals surface area contributed by atoms with Gasteiger partial charge in [0.25, 0.3) is 0 Å². The summed E-state index contributed by atoms with van der Waals surface area (Å²) in [6, 6.07) is 18.2. The lowest BCUT2D eigenvalue weighted by Gasteiger charge is -2.32. The minimum Gasteiger partial charge on any atom is -0.497 e. The summed E-state index contributed by atoms with van der Waals surface area (Å²) in [4.78, 5) is 24.0. The predicted molar refractivity (Wildman–Crippen MR) is 117 cm³/mol. The van der Waals surface area contributed by atoms with Crippen LogP contribution in [0.5, 0.6) is 5.75 Å². The number of fused-ring (bicyclic) bond motifs is 2. The van der Waals surface area contributed by atoms with Crippen LogP contribution in [-0.4, -0.2) is 60.5 Å². The van der Waals surface area contributed by atoms with Crippen LogP contribution >= 0.6 is 0 Å². The molecule has 2 saturated heterocycles. The van der Waals surface area contributed by atoms with Crippen molar-refractivity contribution in [2.24, 2.45) is 5.92 Å². The van der Waals surface area contributed by atoms with Crippen LogP contribution in [0.4, 0.5) is 13.2 Å². The molecular formula is C24H27F3N2O5. The number of halogens is 3. The number of carboxylic acid groups (broad SMARTS) is 1. The summed E-state index contributed by atoms with van der Waals surface area (Å²) in [6.45, 7) is 3.12. The SMILES string of the molecule is COc1ccc(CN2C[C@H]3C[C@H](C(=O)NCc4ccccc4)[C@@H](C2)O3)cc1.O=C(O)C(F)(F)F. The van der Waals surface area contributed by atoms with E-state index in [0.717, 1.165) is 37.4 Å². The van der Waals surface area contributed by atoms with Gasteiger partial charge >= 0.3 is 12.1 Å². The Hall–Kier alpha value is -3.11. The maximum Gasteiger partial charge on any atom is 0.490 e. The number of rotatable bonds is 6. The van der Waals surface area contributed by atoms with E-state index in [4.69, 9.17) is 19.4 Å². The summed E-state index contributed by atoms with van der Waals surface area (Å²) in [5, 5.41) is 10.2. The molecule has 0 aliphatic carbocycles. The lowest BCUT2D eigenvalue weighted by atomic mass is 9.99. The third kappa shape index (κ3) is 7.19. The Balaban J connectivity index is 0.000000406. The average molecular weight is 480 g/mol. The van der Waals surface area contributed by atoms with Crippen molar-refractivity contribution in [3.05, 3.63) is 65.7 Å². The second-order valence-corrected chi connectivity index (χ2v) is 8.19. The predicted octanol–water partition coefficient (Wildman–Crippen LogP) is 3.23. The molecule has 2 aromatic rings. The Morgan fingerprint density at radius 2 is 1.74 bits per heavy atom. The molecule has 2 N–H and O–H groups in total. The van der Waals surface area contributed by atoms with Gasteiger partial charge in [-0.2, -0.15) is 13.2 Å². The summed E-state index contributed by atoms with van der Waals surface area (Å²) in [7, 11) is 1.68. The number of ether oxygens (including phenoxy) is 2. The highest BCUT2D eigenvalue weighted by Crippen LogP contribution is 2.33. The van der Waals surface area contributed by atoms with E-state index in [0.29, 0.717) is 6.54 Å². The molecule has 2 fully saturated rings. The molecule has 3 atom stereocenters. The number of hydrogen-bond donors (Lipinski definition) is 2. The van der Waals surface area contributed by atoms with Crippen LogP contribution in [0, 0.1) is 5.92 Å². The third-order valence-corrected chi connectivity index (χ3v) is 5.69. The number of morpholine rings is 1. The van der Waals surface area contributed by atoms with E-state index in [9.17, 15) is 18.0 Å². The van der Waals surface area contributed by atoms with Crippen molar-refractivity contribution in [1.29, 1.82) is 0 Å². The smallest absolute Gasteiger partial charge is 0.490 e. The van der Waals surface area contributed by atoms with Crippen molar-refractivity contribution in [2.75, 3.05) is 20.2 Å². The first-order valence-corrected chi connectivity index (χ1v) is 10.8. The number of nitrogens with one attached hydrogen (secondary N) is 1. The van der Waals surface area contributed by atoms with Crippen LogP contribution in [0.3, 0.4) is 0 Å². The van der Waals surface area contributed by atoms with Gasteiger partial charge in [-0.25, -0.2) is 4.79 Å². The highest BCUT2D eigenvalue weighted by molar-refractivity contribution is 5.79. The molecule has 1 amide bonds. The highest BCUT2D eigenvalue weighted by Gasteiger charge is 2.44. The molecule has 2 heterocycles. The van der Waals surface area contributed by atoms with Crippen molar-refractivity contribution in [1.82, 2.24) is 10.2 Å². The number of carbonyl (C=O) groups excluding carboxylic acids is 1. The van der Waals surface area contributed by atoms with Gasteiger partial charge in [-0.3, -0.25) is 9.69 Å². The fourth-order valence-corrected chi connectivity index (χ4v) is 4.05. The van der Waals surface area contributed by atoms with Crippen LogP contribution in [0.25, 0.3) is 0 Å². The molecule has 0 unspecified atom stereocenters. The van der Waals surface area contributed by atoms with Gasteiger partial charge in [-0.1, -0.05) is 42.5 Å². The topological polar surface area (TPSA) is 88.1 Å². The Morgan fingerprint density at radius 3 is 2.32 bits per heavy atom. The van der Waals surface area contributed by atoms with E-state index in [2.05, 4.69) is 22.3 Å². The third-order valence-electron chi connectivity index (χ3n) is 5.69. The van der Waals surface area contributed by atoms with Gasteiger partial charge in [-0.05, 0) is 29.7 Å².